The van der Waals surface area contributed by atoms with Crippen molar-refractivity contribution in [2.24, 2.45) is 0 Å². The van der Waals surface area contributed by atoms with Crippen molar-refractivity contribution in [3.63, 3.8) is 0 Å². The van der Waals surface area contributed by atoms with Crippen molar-refractivity contribution in [1.29, 1.82) is 0 Å². The van der Waals surface area contributed by atoms with Gasteiger partial charge in [-0.25, -0.2) is 4.79 Å². The zero-order chi connectivity index (χ0) is 20.1. The van der Waals surface area contributed by atoms with Crippen molar-refractivity contribution in [3.05, 3.63) is 63.7 Å². The minimum atomic E-state index is -0.782. The minimum absolute atomic E-state index is 0.0398. The molecule has 1 amide bonds. The molecule has 0 radical (unpaired) electrons. The molecule has 0 saturated carbocycles. The molecule has 8 nitrogen and oxygen atoms in total. The fraction of sp³-hybridized carbons (Fsp3) is 0.300. The Morgan fingerprint density at radius 1 is 1.18 bits per heavy atom. The summed E-state index contributed by atoms with van der Waals surface area (Å²) in [5.74, 6) is -1.27. The van der Waals surface area contributed by atoms with Gasteiger partial charge in [-0.2, -0.15) is 0 Å². The molecule has 1 N–H and O–H groups in total. The molecule has 0 unspecified atom stereocenters. The standard InChI is InChI=1S/C20H21N3O5/c1-14-5-4-6-16(11-14)21-19(24)13-28-20(25)15-7-8-17(18(12-15)23(26)27)22-9-2-3-10-22/h4-8,11-12H,2-3,9-10,13H2,1H3,(H,21,24). The van der Waals surface area contributed by atoms with Gasteiger partial charge in [-0.3, -0.25) is 14.9 Å². The third-order valence-electron chi connectivity index (χ3n) is 4.49. The minimum Gasteiger partial charge on any atom is -0.452 e. The molecule has 1 aliphatic rings. The summed E-state index contributed by atoms with van der Waals surface area (Å²) in [6.45, 7) is 2.93. The lowest BCUT2D eigenvalue weighted by Gasteiger charge is -2.17. The molecule has 1 fully saturated rings. The molecule has 2 aromatic carbocycles. The van der Waals surface area contributed by atoms with E-state index in [1.807, 2.05) is 17.9 Å². The first-order chi connectivity index (χ1) is 13.4. The van der Waals surface area contributed by atoms with Crippen LogP contribution < -0.4 is 10.2 Å². The first kappa shape index (κ1) is 19.3. The third-order valence-corrected chi connectivity index (χ3v) is 4.49. The molecule has 28 heavy (non-hydrogen) atoms. The van der Waals surface area contributed by atoms with E-state index in [-0.39, 0.29) is 11.3 Å². The molecule has 0 spiro atoms. The van der Waals surface area contributed by atoms with Gasteiger partial charge in [0.25, 0.3) is 11.6 Å². The van der Waals surface area contributed by atoms with Gasteiger partial charge in [0.2, 0.25) is 0 Å². The maximum Gasteiger partial charge on any atom is 0.338 e. The van der Waals surface area contributed by atoms with Crippen LogP contribution in [0.2, 0.25) is 0 Å². The highest BCUT2D eigenvalue weighted by atomic mass is 16.6. The molecule has 8 heteroatoms. The average molecular weight is 383 g/mol. The van der Waals surface area contributed by atoms with Gasteiger partial charge >= 0.3 is 5.97 Å². The van der Waals surface area contributed by atoms with Gasteiger partial charge < -0.3 is 15.0 Å². The Morgan fingerprint density at radius 3 is 2.61 bits per heavy atom. The summed E-state index contributed by atoms with van der Waals surface area (Å²) in [7, 11) is 0. The molecule has 1 aliphatic heterocycles. The molecule has 3 rings (SSSR count). The predicted octanol–water partition coefficient (Wildman–Crippen LogP) is 3.30. The number of nitrogens with one attached hydrogen (secondary N) is 1. The van der Waals surface area contributed by atoms with Crippen LogP contribution in [-0.2, 0) is 9.53 Å². The van der Waals surface area contributed by atoms with Crippen molar-refractivity contribution in [3.8, 4) is 0 Å². The number of nitrogens with zero attached hydrogens (tertiary/aromatic N) is 2. The number of benzene rings is 2. The Kier molecular flexibility index (Phi) is 5.88. The molecule has 0 atom stereocenters. The first-order valence-corrected chi connectivity index (χ1v) is 9.01. The topological polar surface area (TPSA) is 102 Å². The maximum absolute atomic E-state index is 12.2. The van der Waals surface area contributed by atoms with Gasteiger partial charge in [0, 0.05) is 24.8 Å². The quantitative estimate of drug-likeness (QED) is 0.466. The number of carbonyl (C=O) groups is 2. The number of rotatable bonds is 6. The van der Waals surface area contributed by atoms with Crippen LogP contribution in [0.15, 0.2) is 42.5 Å². The van der Waals surface area contributed by atoms with Gasteiger partial charge in [-0.05, 0) is 49.6 Å². The van der Waals surface area contributed by atoms with E-state index < -0.39 is 23.4 Å². The summed E-state index contributed by atoms with van der Waals surface area (Å²) >= 11 is 0. The normalized spacial score (nSPS) is 13.2. The molecule has 1 saturated heterocycles. The fourth-order valence-electron chi connectivity index (χ4n) is 3.16. The van der Waals surface area contributed by atoms with E-state index in [0.717, 1.165) is 31.5 Å². The van der Waals surface area contributed by atoms with E-state index in [0.29, 0.717) is 11.4 Å². The van der Waals surface area contributed by atoms with E-state index >= 15 is 0 Å². The van der Waals surface area contributed by atoms with E-state index in [1.54, 1.807) is 24.3 Å². The number of amides is 1. The summed E-state index contributed by atoms with van der Waals surface area (Å²) in [5.41, 5.74) is 1.99. The largest absolute Gasteiger partial charge is 0.452 e. The van der Waals surface area contributed by atoms with Crippen molar-refractivity contribution in [1.82, 2.24) is 0 Å². The molecular formula is C20H21N3O5. The Hall–Kier alpha value is -3.42. The van der Waals surface area contributed by atoms with Gasteiger partial charge in [0.1, 0.15) is 5.69 Å². The van der Waals surface area contributed by atoms with Crippen LogP contribution >= 0.6 is 0 Å². The highest BCUT2D eigenvalue weighted by molar-refractivity contribution is 5.96. The number of carbonyl (C=O) groups excluding carboxylic acids is 2. The van der Waals surface area contributed by atoms with Gasteiger partial charge in [-0.15, -0.1) is 0 Å². The highest BCUT2D eigenvalue weighted by Gasteiger charge is 2.24. The van der Waals surface area contributed by atoms with E-state index in [1.165, 1.54) is 12.1 Å². The zero-order valence-electron chi connectivity index (χ0n) is 15.5. The van der Waals surface area contributed by atoms with E-state index in [2.05, 4.69) is 5.32 Å². The maximum atomic E-state index is 12.2. The van der Waals surface area contributed by atoms with Crippen LogP contribution in [0.5, 0.6) is 0 Å². The monoisotopic (exact) mass is 383 g/mol. The van der Waals surface area contributed by atoms with Crippen LogP contribution in [0.1, 0.15) is 28.8 Å². The van der Waals surface area contributed by atoms with Gasteiger partial charge in [0.05, 0.1) is 10.5 Å². The Labute approximate surface area is 162 Å². The number of ether oxygens (including phenoxy) is 1. The number of anilines is 2. The predicted molar refractivity (Wildman–Crippen MR) is 105 cm³/mol. The fourth-order valence-corrected chi connectivity index (χ4v) is 3.16. The first-order valence-electron chi connectivity index (χ1n) is 9.01. The third kappa shape index (κ3) is 4.64. The summed E-state index contributed by atoms with van der Waals surface area (Å²) in [5, 5.41) is 14.0. The van der Waals surface area contributed by atoms with Crippen molar-refractivity contribution in [2.45, 2.75) is 19.8 Å². The summed E-state index contributed by atoms with van der Waals surface area (Å²) in [4.78, 5) is 37.0. The molecule has 2 aromatic rings. The number of aryl methyl sites for hydroxylation is 1. The lowest BCUT2D eigenvalue weighted by molar-refractivity contribution is -0.384. The lowest BCUT2D eigenvalue weighted by Crippen LogP contribution is -2.21. The summed E-state index contributed by atoms with van der Waals surface area (Å²) in [6, 6.07) is 11.5. The summed E-state index contributed by atoms with van der Waals surface area (Å²) < 4.78 is 5.01. The molecule has 1 heterocycles. The smallest absolute Gasteiger partial charge is 0.338 e. The molecule has 0 aromatic heterocycles. The van der Waals surface area contributed by atoms with Crippen LogP contribution in [0, 0.1) is 17.0 Å². The number of nitro benzene ring substituents is 1. The lowest BCUT2D eigenvalue weighted by atomic mass is 10.1. The highest BCUT2D eigenvalue weighted by Crippen LogP contribution is 2.31. The molecule has 146 valence electrons. The van der Waals surface area contributed by atoms with Crippen LogP contribution in [0.25, 0.3) is 0 Å². The van der Waals surface area contributed by atoms with E-state index in [4.69, 9.17) is 4.74 Å². The molecule has 0 bridgehead atoms. The second kappa shape index (κ2) is 8.51. The Bertz CT molecular complexity index is 906. The van der Waals surface area contributed by atoms with Crippen LogP contribution in [0.3, 0.4) is 0 Å². The Balaban J connectivity index is 1.64. The van der Waals surface area contributed by atoms with Crippen molar-refractivity contribution >= 4 is 28.9 Å². The number of nitro groups is 1. The molecular weight excluding hydrogens is 362 g/mol. The van der Waals surface area contributed by atoms with Crippen molar-refractivity contribution < 1.29 is 19.2 Å². The second-order valence-corrected chi connectivity index (χ2v) is 6.65. The summed E-state index contributed by atoms with van der Waals surface area (Å²) in [6.07, 6.45) is 1.97. The zero-order valence-corrected chi connectivity index (χ0v) is 15.5. The average Bonchev–Trinajstić information content (AvgIpc) is 3.20. The SMILES string of the molecule is Cc1cccc(NC(=O)COC(=O)c2ccc(N3CCCC3)c([N+](=O)[O-])c2)c1. The van der Waals surface area contributed by atoms with Crippen molar-refractivity contribution in [2.75, 3.05) is 29.9 Å². The van der Waals surface area contributed by atoms with E-state index in [9.17, 15) is 19.7 Å². The second-order valence-electron chi connectivity index (χ2n) is 6.65. The molecule has 0 aliphatic carbocycles. The number of hydrogen-bond donors (Lipinski definition) is 1. The van der Waals surface area contributed by atoms with Gasteiger partial charge in [0.15, 0.2) is 6.61 Å². The number of hydrogen-bond acceptors (Lipinski definition) is 6. The van der Waals surface area contributed by atoms with Gasteiger partial charge in [-0.1, -0.05) is 12.1 Å². The number of esters is 1. The van der Waals surface area contributed by atoms with Crippen LogP contribution in [0.4, 0.5) is 17.1 Å². The van der Waals surface area contributed by atoms with Crippen LogP contribution in [-0.4, -0.2) is 36.5 Å². The Morgan fingerprint density at radius 2 is 1.93 bits per heavy atom.